The fraction of sp³-hybridized carbons (Fsp3) is 0.0556. The molecular weight excluding hydrogens is 386 g/mol. The minimum Gasteiger partial charge on any atom is -0.459 e. The third-order valence-electron chi connectivity index (χ3n) is 3.81. The number of anilines is 2. The molecule has 0 aliphatic rings. The second kappa shape index (κ2) is 7.53. The van der Waals surface area contributed by atoms with E-state index in [1.165, 1.54) is 43.5 Å². The van der Waals surface area contributed by atoms with Crippen LogP contribution in [0, 0.1) is 17.0 Å². The number of aryl methyl sites for hydroxylation is 1. The van der Waals surface area contributed by atoms with Gasteiger partial charge in [-0.2, -0.15) is 0 Å². The number of benzene rings is 2. The summed E-state index contributed by atoms with van der Waals surface area (Å²) in [4.78, 5) is 22.2. The Morgan fingerprint density at radius 1 is 1.07 bits per heavy atom. The number of carbonyl (C=O) groups excluding carboxylic acids is 1. The van der Waals surface area contributed by atoms with Gasteiger partial charge in [-0.3, -0.25) is 19.6 Å². The maximum atomic E-state index is 12.6. The molecule has 0 unspecified atom stereocenters. The molecule has 144 valence electrons. The Morgan fingerprint density at radius 2 is 1.82 bits per heavy atom. The Hall–Kier alpha value is -3.66. The smallest absolute Gasteiger partial charge is 0.291 e. The number of hydrogen-bond acceptors (Lipinski definition) is 6. The first-order chi connectivity index (χ1) is 13.3. The van der Waals surface area contributed by atoms with Crippen LogP contribution in [0.2, 0.25) is 0 Å². The molecule has 2 aromatic carbocycles. The zero-order valence-electron chi connectivity index (χ0n) is 14.6. The Balaban J connectivity index is 1.82. The Morgan fingerprint density at radius 3 is 2.50 bits per heavy atom. The van der Waals surface area contributed by atoms with Gasteiger partial charge in [-0.1, -0.05) is 12.1 Å². The van der Waals surface area contributed by atoms with Gasteiger partial charge in [0.1, 0.15) is 0 Å². The second-order valence-electron chi connectivity index (χ2n) is 5.82. The van der Waals surface area contributed by atoms with Crippen molar-refractivity contribution < 1.29 is 22.6 Å². The molecule has 3 rings (SSSR count). The zero-order valence-corrected chi connectivity index (χ0v) is 15.4. The van der Waals surface area contributed by atoms with E-state index in [2.05, 4.69) is 10.0 Å². The number of rotatable bonds is 6. The third kappa shape index (κ3) is 4.18. The first-order valence-electron chi connectivity index (χ1n) is 7.99. The van der Waals surface area contributed by atoms with Gasteiger partial charge in [-0.25, -0.2) is 8.42 Å². The number of carbonyl (C=O) groups is 1. The van der Waals surface area contributed by atoms with Gasteiger partial charge in [0.25, 0.3) is 21.6 Å². The molecule has 0 radical (unpaired) electrons. The zero-order chi connectivity index (χ0) is 20.3. The molecule has 10 heteroatoms. The quantitative estimate of drug-likeness (QED) is 0.480. The van der Waals surface area contributed by atoms with Crippen LogP contribution in [0.25, 0.3) is 0 Å². The molecule has 1 heterocycles. The van der Waals surface area contributed by atoms with E-state index < -0.39 is 20.9 Å². The van der Waals surface area contributed by atoms with Crippen molar-refractivity contribution in [2.24, 2.45) is 0 Å². The summed E-state index contributed by atoms with van der Waals surface area (Å²) in [5, 5.41) is 13.6. The summed E-state index contributed by atoms with van der Waals surface area (Å²) in [5.74, 6) is -0.378. The molecule has 9 nitrogen and oxygen atoms in total. The van der Waals surface area contributed by atoms with Gasteiger partial charge in [0.15, 0.2) is 5.76 Å². The van der Waals surface area contributed by atoms with E-state index in [0.717, 1.165) is 6.07 Å². The summed E-state index contributed by atoms with van der Waals surface area (Å²) >= 11 is 0. The molecule has 0 aliphatic heterocycles. The molecule has 0 saturated carbocycles. The molecule has 0 aliphatic carbocycles. The molecular formula is C18H15N3O6S. The Labute approximate surface area is 160 Å². The third-order valence-corrected chi connectivity index (χ3v) is 5.18. The van der Waals surface area contributed by atoms with Gasteiger partial charge in [0.2, 0.25) is 0 Å². The van der Waals surface area contributed by atoms with Crippen molar-refractivity contribution in [3.8, 4) is 0 Å². The van der Waals surface area contributed by atoms with Gasteiger partial charge in [0, 0.05) is 17.3 Å². The van der Waals surface area contributed by atoms with E-state index in [4.69, 9.17) is 4.42 Å². The lowest BCUT2D eigenvalue weighted by Gasteiger charge is -2.10. The second-order valence-corrected chi connectivity index (χ2v) is 7.51. The topological polar surface area (TPSA) is 132 Å². The minimum atomic E-state index is -4.06. The predicted octanol–water partition coefficient (Wildman–Crippen LogP) is 3.55. The number of hydrogen-bond donors (Lipinski definition) is 2. The van der Waals surface area contributed by atoms with Crippen LogP contribution < -0.4 is 10.0 Å². The maximum absolute atomic E-state index is 12.6. The largest absolute Gasteiger partial charge is 0.459 e. The highest BCUT2D eigenvalue weighted by Gasteiger charge is 2.20. The van der Waals surface area contributed by atoms with E-state index in [9.17, 15) is 23.3 Å². The SMILES string of the molecule is Cc1ccc(S(=O)(=O)Nc2cccc(NC(=O)c3ccco3)c2)cc1[N+](=O)[O-]. The van der Waals surface area contributed by atoms with E-state index in [1.54, 1.807) is 18.2 Å². The van der Waals surface area contributed by atoms with Crippen LogP contribution in [0.1, 0.15) is 16.1 Å². The molecule has 0 bridgehead atoms. The molecule has 0 spiro atoms. The van der Waals surface area contributed by atoms with Gasteiger partial charge in [0.05, 0.1) is 21.8 Å². The van der Waals surface area contributed by atoms with Crippen molar-refractivity contribution in [1.29, 1.82) is 0 Å². The fourth-order valence-corrected chi connectivity index (χ4v) is 3.50. The summed E-state index contributed by atoms with van der Waals surface area (Å²) in [6.07, 6.45) is 1.36. The summed E-state index contributed by atoms with van der Waals surface area (Å²) in [5.41, 5.74) is 0.589. The highest BCUT2D eigenvalue weighted by molar-refractivity contribution is 7.92. The van der Waals surface area contributed by atoms with E-state index in [-0.39, 0.29) is 22.0 Å². The summed E-state index contributed by atoms with van der Waals surface area (Å²) in [6, 6.07) is 12.7. The van der Waals surface area contributed by atoms with Crippen molar-refractivity contribution in [2.75, 3.05) is 10.0 Å². The lowest BCUT2D eigenvalue weighted by molar-refractivity contribution is -0.385. The van der Waals surface area contributed by atoms with Crippen molar-refractivity contribution >= 4 is 33.0 Å². The van der Waals surface area contributed by atoms with Gasteiger partial charge >= 0.3 is 0 Å². The molecule has 3 aromatic rings. The molecule has 0 fully saturated rings. The van der Waals surface area contributed by atoms with Crippen LogP contribution in [0.4, 0.5) is 17.1 Å². The molecule has 0 atom stereocenters. The monoisotopic (exact) mass is 401 g/mol. The van der Waals surface area contributed by atoms with Crippen LogP contribution >= 0.6 is 0 Å². The molecule has 28 heavy (non-hydrogen) atoms. The van der Waals surface area contributed by atoms with Gasteiger partial charge in [-0.05, 0) is 43.3 Å². The highest BCUT2D eigenvalue weighted by atomic mass is 32.2. The lowest BCUT2D eigenvalue weighted by atomic mass is 10.2. The average Bonchev–Trinajstić information content (AvgIpc) is 3.16. The molecule has 0 saturated heterocycles. The standard InChI is InChI=1S/C18H15N3O6S/c1-12-7-8-15(11-16(12)21(23)24)28(25,26)20-14-5-2-4-13(10-14)19-18(22)17-6-3-9-27-17/h2-11,20H,1H3,(H,19,22). The van der Waals surface area contributed by atoms with Gasteiger partial charge in [-0.15, -0.1) is 0 Å². The lowest BCUT2D eigenvalue weighted by Crippen LogP contribution is -2.14. The fourth-order valence-electron chi connectivity index (χ4n) is 2.43. The molecule has 1 amide bonds. The Kier molecular flexibility index (Phi) is 5.14. The van der Waals surface area contributed by atoms with Gasteiger partial charge < -0.3 is 9.73 Å². The number of nitro groups is 1. The summed E-state index contributed by atoms with van der Waals surface area (Å²) in [7, 11) is -4.06. The number of furan rings is 1. The number of nitrogens with zero attached hydrogens (tertiary/aromatic N) is 1. The van der Waals surface area contributed by atoms with Crippen molar-refractivity contribution in [3.05, 3.63) is 82.3 Å². The first kappa shape index (κ1) is 19.1. The molecule has 1 aromatic heterocycles. The number of amides is 1. The Bertz CT molecular complexity index is 1140. The van der Waals surface area contributed by atoms with Crippen molar-refractivity contribution in [3.63, 3.8) is 0 Å². The number of nitrogens with one attached hydrogen (secondary N) is 2. The average molecular weight is 401 g/mol. The first-order valence-corrected chi connectivity index (χ1v) is 9.47. The van der Waals surface area contributed by atoms with Crippen LogP contribution in [0.5, 0.6) is 0 Å². The van der Waals surface area contributed by atoms with Crippen LogP contribution in [-0.4, -0.2) is 19.2 Å². The normalized spacial score (nSPS) is 11.0. The summed E-state index contributed by atoms with van der Waals surface area (Å²) < 4.78 is 32.5. The van der Waals surface area contributed by atoms with Crippen molar-refractivity contribution in [2.45, 2.75) is 11.8 Å². The number of sulfonamides is 1. The van der Waals surface area contributed by atoms with Crippen LogP contribution in [0.3, 0.4) is 0 Å². The highest BCUT2D eigenvalue weighted by Crippen LogP contribution is 2.25. The van der Waals surface area contributed by atoms with Crippen molar-refractivity contribution in [1.82, 2.24) is 0 Å². The van der Waals surface area contributed by atoms with E-state index in [0.29, 0.717) is 11.3 Å². The van der Waals surface area contributed by atoms with E-state index >= 15 is 0 Å². The predicted molar refractivity (Wildman–Crippen MR) is 102 cm³/mol. The summed E-state index contributed by atoms with van der Waals surface area (Å²) in [6.45, 7) is 1.52. The van der Waals surface area contributed by atoms with Crippen LogP contribution in [0.15, 0.2) is 70.2 Å². The minimum absolute atomic E-state index is 0.109. The van der Waals surface area contributed by atoms with E-state index in [1.807, 2.05) is 0 Å². The maximum Gasteiger partial charge on any atom is 0.291 e. The molecule has 2 N–H and O–H groups in total. The van der Waals surface area contributed by atoms with Crippen LogP contribution in [-0.2, 0) is 10.0 Å². The number of nitro benzene ring substituents is 1.